The topological polar surface area (TPSA) is 36.4 Å². The molecule has 0 radical (unpaired) electrons. The van der Waals surface area contributed by atoms with Gasteiger partial charge in [0, 0.05) is 50.4 Å². The zero-order valence-corrected chi connectivity index (χ0v) is 13.5. The maximum atomic E-state index is 11.9. The molecular formula is C17H27N3O. The highest BCUT2D eigenvalue weighted by Gasteiger charge is 2.27. The summed E-state index contributed by atoms with van der Waals surface area (Å²) in [6.07, 6.45) is 4.56. The second kappa shape index (κ2) is 7.55. The molecule has 1 aromatic heterocycles. The van der Waals surface area contributed by atoms with Crippen molar-refractivity contribution in [2.45, 2.75) is 39.2 Å². The van der Waals surface area contributed by atoms with E-state index in [2.05, 4.69) is 36.8 Å². The van der Waals surface area contributed by atoms with Crippen molar-refractivity contribution in [3.8, 4) is 0 Å². The molecule has 0 spiro atoms. The van der Waals surface area contributed by atoms with Crippen LogP contribution in [0.3, 0.4) is 0 Å². The van der Waals surface area contributed by atoms with Crippen molar-refractivity contribution < 1.29 is 4.79 Å². The molecule has 0 N–H and O–H groups in total. The average molecular weight is 289 g/mol. The largest absolute Gasteiger partial charge is 0.340 e. The van der Waals surface area contributed by atoms with Crippen molar-refractivity contribution in [2.75, 3.05) is 26.7 Å². The minimum absolute atomic E-state index is 0.317. The van der Waals surface area contributed by atoms with Crippen LogP contribution >= 0.6 is 0 Å². The van der Waals surface area contributed by atoms with Gasteiger partial charge in [0.2, 0.25) is 5.91 Å². The molecule has 2 rings (SSSR count). The van der Waals surface area contributed by atoms with E-state index >= 15 is 0 Å². The molecule has 1 unspecified atom stereocenters. The van der Waals surface area contributed by atoms with Crippen LogP contribution in [0.15, 0.2) is 24.4 Å². The van der Waals surface area contributed by atoms with Crippen molar-refractivity contribution in [3.05, 3.63) is 30.1 Å². The molecule has 1 aromatic rings. The Morgan fingerprint density at radius 3 is 2.90 bits per heavy atom. The normalized spacial score (nSPS) is 19.6. The van der Waals surface area contributed by atoms with Gasteiger partial charge in [-0.2, -0.15) is 0 Å². The van der Waals surface area contributed by atoms with Crippen molar-refractivity contribution in [1.29, 1.82) is 0 Å². The van der Waals surface area contributed by atoms with Crippen LogP contribution < -0.4 is 0 Å². The Balaban J connectivity index is 1.77. The maximum Gasteiger partial charge on any atom is 0.222 e. The molecule has 0 aliphatic carbocycles. The van der Waals surface area contributed by atoms with Crippen molar-refractivity contribution in [1.82, 2.24) is 14.8 Å². The predicted octanol–water partition coefficient (Wildman–Crippen LogP) is 2.20. The minimum Gasteiger partial charge on any atom is -0.340 e. The summed E-state index contributed by atoms with van der Waals surface area (Å²) in [7, 11) is 2.17. The number of rotatable bonds is 6. The van der Waals surface area contributed by atoms with Gasteiger partial charge in [-0.3, -0.25) is 9.78 Å². The summed E-state index contributed by atoms with van der Waals surface area (Å²) in [4.78, 5) is 20.6. The van der Waals surface area contributed by atoms with E-state index in [1.54, 1.807) is 0 Å². The third kappa shape index (κ3) is 4.81. The fraction of sp³-hybridized carbons (Fsp3) is 0.647. The first kappa shape index (κ1) is 16.0. The van der Waals surface area contributed by atoms with Crippen molar-refractivity contribution in [3.63, 3.8) is 0 Å². The minimum atomic E-state index is 0.317. The Hall–Kier alpha value is -1.42. The van der Waals surface area contributed by atoms with Gasteiger partial charge in [-0.1, -0.05) is 6.07 Å². The van der Waals surface area contributed by atoms with Crippen LogP contribution in [0, 0.1) is 5.92 Å². The first-order valence-electron chi connectivity index (χ1n) is 7.94. The monoisotopic (exact) mass is 289 g/mol. The summed E-state index contributed by atoms with van der Waals surface area (Å²) < 4.78 is 0. The summed E-state index contributed by atoms with van der Waals surface area (Å²) in [5.74, 6) is 0.913. The number of pyridine rings is 1. The van der Waals surface area contributed by atoms with E-state index in [1.165, 1.54) is 0 Å². The van der Waals surface area contributed by atoms with Crippen molar-refractivity contribution >= 4 is 5.91 Å². The zero-order valence-electron chi connectivity index (χ0n) is 13.5. The van der Waals surface area contributed by atoms with Crippen LogP contribution in [0.5, 0.6) is 0 Å². The van der Waals surface area contributed by atoms with Gasteiger partial charge in [0.15, 0.2) is 0 Å². The van der Waals surface area contributed by atoms with Gasteiger partial charge in [-0.15, -0.1) is 0 Å². The average Bonchev–Trinajstić information content (AvgIpc) is 2.48. The lowest BCUT2D eigenvalue weighted by Crippen LogP contribution is -2.46. The third-order valence-corrected chi connectivity index (χ3v) is 4.21. The summed E-state index contributed by atoms with van der Waals surface area (Å²) in [5.41, 5.74) is 1.15. The maximum absolute atomic E-state index is 11.9. The Labute approximate surface area is 128 Å². The number of carbonyl (C=O) groups excluding carboxylic acids is 1. The number of amides is 1. The highest BCUT2D eigenvalue weighted by atomic mass is 16.2. The number of piperidine rings is 1. The molecule has 1 amide bonds. The van der Waals surface area contributed by atoms with E-state index in [-0.39, 0.29) is 0 Å². The standard InChI is InChI=1S/C17H27N3O/c1-14(2)20-13-15(7-8-17(20)21)12-19(3)11-9-16-6-4-5-10-18-16/h4-6,10,14-15H,7-9,11-13H2,1-3H3. The van der Waals surface area contributed by atoms with Crippen molar-refractivity contribution in [2.24, 2.45) is 5.92 Å². The number of aromatic nitrogens is 1. The summed E-state index contributed by atoms with van der Waals surface area (Å²) in [6, 6.07) is 6.38. The molecule has 116 valence electrons. The van der Waals surface area contributed by atoms with Crippen LogP contribution in [0.2, 0.25) is 0 Å². The molecular weight excluding hydrogens is 262 g/mol. The van der Waals surface area contributed by atoms with Gasteiger partial charge in [0.25, 0.3) is 0 Å². The molecule has 0 bridgehead atoms. The number of nitrogens with zero attached hydrogens (tertiary/aromatic N) is 3. The van der Waals surface area contributed by atoms with Crippen LogP contribution in [0.1, 0.15) is 32.4 Å². The van der Waals surface area contributed by atoms with Crippen LogP contribution in [0.4, 0.5) is 0 Å². The lowest BCUT2D eigenvalue weighted by molar-refractivity contribution is -0.136. The predicted molar refractivity (Wildman–Crippen MR) is 85.0 cm³/mol. The van der Waals surface area contributed by atoms with Gasteiger partial charge >= 0.3 is 0 Å². The van der Waals surface area contributed by atoms with Crippen LogP contribution in [0.25, 0.3) is 0 Å². The number of hydrogen-bond acceptors (Lipinski definition) is 3. The Bertz CT molecular complexity index is 447. The first-order chi connectivity index (χ1) is 10.1. The second-order valence-corrected chi connectivity index (χ2v) is 6.38. The summed E-state index contributed by atoms with van der Waals surface area (Å²) >= 11 is 0. The Morgan fingerprint density at radius 1 is 1.43 bits per heavy atom. The number of likely N-dealkylation sites (tertiary alicyclic amines) is 1. The Morgan fingerprint density at radius 2 is 2.24 bits per heavy atom. The molecule has 0 saturated carbocycles. The third-order valence-electron chi connectivity index (χ3n) is 4.21. The molecule has 21 heavy (non-hydrogen) atoms. The lowest BCUT2D eigenvalue weighted by atomic mass is 9.96. The van der Waals surface area contributed by atoms with Crippen LogP contribution in [-0.2, 0) is 11.2 Å². The zero-order chi connectivity index (χ0) is 15.2. The quantitative estimate of drug-likeness (QED) is 0.805. The molecule has 2 heterocycles. The van der Waals surface area contributed by atoms with Gasteiger partial charge in [-0.25, -0.2) is 0 Å². The SMILES string of the molecule is CC(C)N1CC(CN(C)CCc2ccccn2)CCC1=O. The fourth-order valence-electron chi connectivity index (χ4n) is 2.97. The molecule has 1 atom stereocenters. The molecule has 4 heteroatoms. The van der Waals surface area contributed by atoms with Crippen LogP contribution in [-0.4, -0.2) is 53.4 Å². The number of hydrogen-bond donors (Lipinski definition) is 0. The lowest BCUT2D eigenvalue weighted by Gasteiger charge is -2.37. The van der Waals surface area contributed by atoms with E-state index < -0.39 is 0 Å². The number of carbonyl (C=O) groups is 1. The number of likely N-dealkylation sites (N-methyl/N-ethyl adjacent to an activating group) is 1. The molecule has 0 aromatic carbocycles. The molecule has 4 nitrogen and oxygen atoms in total. The Kier molecular flexibility index (Phi) is 5.74. The van der Waals surface area contributed by atoms with Gasteiger partial charge in [0.05, 0.1) is 0 Å². The molecule has 1 aliphatic rings. The molecule has 1 fully saturated rings. The second-order valence-electron chi connectivity index (χ2n) is 6.38. The molecule has 1 saturated heterocycles. The highest BCUT2D eigenvalue weighted by Crippen LogP contribution is 2.20. The van der Waals surface area contributed by atoms with Gasteiger partial charge in [-0.05, 0) is 45.4 Å². The smallest absolute Gasteiger partial charge is 0.222 e. The van der Waals surface area contributed by atoms with E-state index in [4.69, 9.17) is 0 Å². The fourth-order valence-corrected chi connectivity index (χ4v) is 2.97. The first-order valence-corrected chi connectivity index (χ1v) is 7.94. The summed E-state index contributed by atoms with van der Waals surface area (Å²) in [5, 5.41) is 0. The van der Waals surface area contributed by atoms with Gasteiger partial charge in [0.1, 0.15) is 0 Å². The molecule has 1 aliphatic heterocycles. The summed E-state index contributed by atoms with van der Waals surface area (Å²) in [6.45, 7) is 7.19. The van der Waals surface area contributed by atoms with E-state index in [0.29, 0.717) is 24.3 Å². The van der Waals surface area contributed by atoms with E-state index in [9.17, 15) is 4.79 Å². The van der Waals surface area contributed by atoms with E-state index in [0.717, 1.165) is 38.2 Å². The highest BCUT2D eigenvalue weighted by molar-refractivity contribution is 5.77. The van der Waals surface area contributed by atoms with E-state index in [1.807, 2.05) is 23.2 Å². The van der Waals surface area contributed by atoms with Gasteiger partial charge < -0.3 is 9.80 Å².